The lowest BCUT2D eigenvalue weighted by Gasteiger charge is -2.10. The third-order valence-electron chi connectivity index (χ3n) is 4.37. The monoisotopic (exact) mass is 329 g/mol. The van der Waals surface area contributed by atoms with Crippen LogP contribution in [0.5, 0.6) is 5.75 Å². The van der Waals surface area contributed by atoms with Crippen molar-refractivity contribution in [2.45, 2.75) is 27.2 Å². The maximum absolute atomic E-state index is 10.7. The maximum atomic E-state index is 10.7. The number of phenols is 1. The number of rotatable bonds is 4. The molecule has 2 heteroatoms. The van der Waals surface area contributed by atoms with Crippen LogP contribution in [0.15, 0.2) is 65.7 Å². The second-order valence-corrected chi connectivity index (χ2v) is 6.52. The van der Waals surface area contributed by atoms with E-state index >= 15 is 0 Å². The van der Waals surface area contributed by atoms with Gasteiger partial charge in [0.15, 0.2) is 0 Å². The second kappa shape index (κ2) is 7.35. The van der Waals surface area contributed by atoms with E-state index in [1.807, 2.05) is 43.3 Å². The van der Waals surface area contributed by atoms with Crippen molar-refractivity contribution in [2.75, 3.05) is 0 Å². The largest absolute Gasteiger partial charge is 0.507 e. The molecule has 3 rings (SSSR count). The summed E-state index contributed by atoms with van der Waals surface area (Å²) in [5, 5.41) is 10.7. The number of para-hydroxylation sites is 1. The Morgan fingerprint density at radius 2 is 1.56 bits per heavy atom. The zero-order chi connectivity index (χ0) is 17.8. The summed E-state index contributed by atoms with van der Waals surface area (Å²) in [7, 11) is 0. The molecular weight excluding hydrogens is 306 g/mol. The first-order valence-corrected chi connectivity index (χ1v) is 8.51. The molecule has 126 valence electrons. The van der Waals surface area contributed by atoms with Crippen LogP contribution >= 0.6 is 0 Å². The Kier molecular flexibility index (Phi) is 4.99. The van der Waals surface area contributed by atoms with E-state index in [1.165, 1.54) is 5.56 Å². The van der Waals surface area contributed by atoms with Gasteiger partial charge in [-0.3, -0.25) is 4.99 Å². The summed E-state index contributed by atoms with van der Waals surface area (Å²) in [6.45, 7) is 6.15. The molecule has 0 unspecified atom stereocenters. The minimum Gasteiger partial charge on any atom is -0.507 e. The minimum absolute atomic E-state index is 0.310. The smallest absolute Gasteiger partial charge is 0.127 e. The summed E-state index contributed by atoms with van der Waals surface area (Å²) in [4.78, 5) is 4.64. The molecule has 0 saturated heterocycles. The van der Waals surface area contributed by atoms with Crippen molar-refractivity contribution < 1.29 is 5.11 Å². The molecule has 0 amide bonds. The molecule has 0 spiro atoms. The fraction of sp³-hybridized carbons (Fsp3) is 0.174. The van der Waals surface area contributed by atoms with Crippen molar-refractivity contribution in [1.82, 2.24) is 0 Å². The molecule has 0 atom stereocenters. The van der Waals surface area contributed by atoms with Crippen LogP contribution in [0.3, 0.4) is 0 Å². The molecule has 1 N–H and O–H groups in total. The molecule has 0 radical (unpaired) electrons. The number of aryl methyl sites for hydroxylation is 3. The van der Waals surface area contributed by atoms with Crippen LogP contribution in [0.4, 0.5) is 5.69 Å². The van der Waals surface area contributed by atoms with Crippen LogP contribution in [-0.4, -0.2) is 11.3 Å². The number of phenolic OH excluding ortho intramolecular Hbond substituents is 1. The number of hydrogen-bond acceptors (Lipinski definition) is 2. The molecule has 2 nitrogen and oxygen atoms in total. The molecule has 0 aliphatic heterocycles. The van der Waals surface area contributed by atoms with Gasteiger partial charge in [0.1, 0.15) is 5.75 Å². The lowest BCUT2D eigenvalue weighted by Crippen LogP contribution is -1.94. The van der Waals surface area contributed by atoms with Crippen LogP contribution in [0.25, 0.3) is 0 Å². The van der Waals surface area contributed by atoms with Crippen molar-refractivity contribution in [3.8, 4) is 5.75 Å². The van der Waals surface area contributed by atoms with Crippen molar-refractivity contribution >= 4 is 11.9 Å². The maximum Gasteiger partial charge on any atom is 0.127 e. The number of hydrogen-bond donors (Lipinski definition) is 1. The van der Waals surface area contributed by atoms with E-state index in [2.05, 4.69) is 43.1 Å². The summed E-state index contributed by atoms with van der Waals surface area (Å²) in [5.74, 6) is 0.310. The average Bonchev–Trinajstić information content (AvgIpc) is 2.59. The summed E-state index contributed by atoms with van der Waals surface area (Å²) in [6.07, 6.45) is 2.48. The summed E-state index contributed by atoms with van der Waals surface area (Å²) < 4.78 is 0. The molecule has 0 aliphatic carbocycles. The molecule has 0 saturated carbocycles. The highest BCUT2D eigenvalue weighted by Crippen LogP contribution is 2.28. The SMILES string of the molecule is Cc1cc(C=Nc2c(C)cccc2C)c(O)c(Cc2ccccc2)c1. The average molecular weight is 329 g/mol. The van der Waals surface area contributed by atoms with E-state index < -0.39 is 0 Å². The van der Waals surface area contributed by atoms with E-state index in [0.29, 0.717) is 12.2 Å². The summed E-state index contributed by atoms with van der Waals surface area (Å²) in [6, 6.07) is 20.3. The quantitative estimate of drug-likeness (QED) is 0.616. The predicted octanol–water partition coefficient (Wildman–Crippen LogP) is 5.66. The van der Waals surface area contributed by atoms with E-state index in [9.17, 15) is 5.11 Å². The topological polar surface area (TPSA) is 32.6 Å². The number of aliphatic imine (C=N–C) groups is 1. The zero-order valence-corrected chi connectivity index (χ0v) is 15.0. The normalized spacial score (nSPS) is 11.2. The molecule has 0 bridgehead atoms. The van der Waals surface area contributed by atoms with Gasteiger partial charge in [-0.1, -0.05) is 54.6 Å². The Bertz CT molecular complexity index is 891. The molecule has 0 heterocycles. The van der Waals surface area contributed by atoms with E-state index in [1.54, 1.807) is 6.21 Å². The standard InChI is InChI=1S/C23H23NO/c1-16-12-20(14-19-10-5-4-6-11-19)23(25)21(13-16)15-24-22-17(2)8-7-9-18(22)3/h4-13,15,25H,14H2,1-3H3. The first kappa shape index (κ1) is 17.0. The molecule has 0 aromatic heterocycles. The van der Waals surface area contributed by atoms with Crippen molar-refractivity contribution in [2.24, 2.45) is 4.99 Å². The van der Waals surface area contributed by atoms with Gasteiger partial charge in [-0.15, -0.1) is 0 Å². The molecule has 0 aliphatic rings. The Morgan fingerprint density at radius 3 is 2.24 bits per heavy atom. The van der Waals surface area contributed by atoms with Gasteiger partial charge in [-0.25, -0.2) is 0 Å². The van der Waals surface area contributed by atoms with Gasteiger partial charge in [0, 0.05) is 18.2 Å². The minimum atomic E-state index is 0.310. The Balaban J connectivity index is 1.96. The highest BCUT2D eigenvalue weighted by molar-refractivity contribution is 5.87. The van der Waals surface area contributed by atoms with Gasteiger partial charge in [0.25, 0.3) is 0 Å². The van der Waals surface area contributed by atoms with Crippen LogP contribution in [0.2, 0.25) is 0 Å². The number of nitrogens with zero attached hydrogens (tertiary/aromatic N) is 1. The number of benzene rings is 3. The molecule has 3 aromatic carbocycles. The highest BCUT2D eigenvalue weighted by atomic mass is 16.3. The zero-order valence-electron chi connectivity index (χ0n) is 15.0. The van der Waals surface area contributed by atoms with Crippen molar-refractivity contribution in [3.05, 3.63) is 94.0 Å². The van der Waals surface area contributed by atoms with Gasteiger partial charge in [0.2, 0.25) is 0 Å². The third kappa shape index (κ3) is 3.97. The summed E-state index contributed by atoms with van der Waals surface area (Å²) in [5.41, 5.74) is 7.21. The fourth-order valence-electron chi connectivity index (χ4n) is 3.08. The molecule has 25 heavy (non-hydrogen) atoms. The summed E-state index contributed by atoms with van der Waals surface area (Å²) >= 11 is 0. The Hall–Kier alpha value is -2.87. The first-order valence-electron chi connectivity index (χ1n) is 8.51. The van der Waals surface area contributed by atoms with Gasteiger partial charge in [0.05, 0.1) is 5.69 Å². The second-order valence-electron chi connectivity index (χ2n) is 6.52. The van der Waals surface area contributed by atoms with Gasteiger partial charge >= 0.3 is 0 Å². The number of aromatic hydroxyl groups is 1. The Labute approximate surface area is 149 Å². The highest BCUT2D eigenvalue weighted by Gasteiger charge is 2.09. The third-order valence-corrected chi connectivity index (χ3v) is 4.37. The molecule has 3 aromatic rings. The lowest BCUT2D eigenvalue weighted by atomic mass is 9.99. The van der Waals surface area contributed by atoms with Gasteiger partial charge in [-0.2, -0.15) is 0 Å². The molecular formula is C23H23NO. The Morgan fingerprint density at radius 1 is 0.880 bits per heavy atom. The van der Waals surface area contributed by atoms with E-state index in [-0.39, 0.29) is 0 Å². The van der Waals surface area contributed by atoms with E-state index in [0.717, 1.165) is 33.5 Å². The van der Waals surface area contributed by atoms with Crippen molar-refractivity contribution in [1.29, 1.82) is 0 Å². The van der Waals surface area contributed by atoms with Gasteiger partial charge in [-0.05, 0) is 54.7 Å². The fourth-order valence-corrected chi connectivity index (χ4v) is 3.08. The first-order chi connectivity index (χ1) is 12.0. The van der Waals surface area contributed by atoms with Crippen LogP contribution < -0.4 is 0 Å². The van der Waals surface area contributed by atoms with Crippen LogP contribution in [0, 0.1) is 20.8 Å². The van der Waals surface area contributed by atoms with Crippen molar-refractivity contribution in [3.63, 3.8) is 0 Å². The molecule has 0 fully saturated rings. The van der Waals surface area contributed by atoms with Crippen LogP contribution in [0.1, 0.15) is 33.4 Å². The van der Waals surface area contributed by atoms with Crippen LogP contribution in [-0.2, 0) is 6.42 Å². The van der Waals surface area contributed by atoms with Gasteiger partial charge < -0.3 is 5.11 Å². The lowest BCUT2D eigenvalue weighted by molar-refractivity contribution is 0.468. The van der Waals surface area contributed by atoms with E-state index in [4.69, 9.17) is 0 Å². The predicted molar refractivity (Wildman–Crippen MR) is 105 cm³/mol.